The molecule has 0 bridgehead atoms. The summed E-state index contributed by atoms with van der Waals surface area (Å²) in [5, 5.41) is 11.6. The number of carbonyl (C=O) groups excluding carboxylic acids is 1. The highest BCUT2D eigenvalue weighted by Crippen LogP contribution is 2.01. The average molecular weight is 216 g/mol. The lowest BCUT2D eigenvalue weighted by Gasteiger charge is -2.18. The lowest BCUT2D eigenvalue weighted by atomic mass is 10.1. The molecule has 0 aromatic rings. The molecule has 4 nitrogen and oxygen atoms in total. The van der Waals surface area contributed by atoms with Crippen LogP contribution in [-0.2, 0) is 4.79 Å². The molecule has 0 radical (unpaired) electrons. The molecule has 1 unspecified atom stereocenters. The largest absolute Gasteiger partial charge is 0.396 e. The van der Waals surface area contributed by atoms with Gasteiger partial charge in [0.2, 0.25) is 5.91 Å². The lowest BCUT2D eigenvalue weighted by Crippen LogP contribution is -2.45. The van der Waals surface area contributed by atoms with Gasteiger partial charge >= 0.3 is 0 Å². The molecule has 0 aromatic heterocycles. The highest BCUT2D eigenvalue weighted by atomic mass is 16.3. The third-order valence-electron chi connectivity index (χ3n) is 2.52. The summed E-state index contributed by atoms with van der Waals surface area (Å²) in [4.78, 5) is 11.6. The van der Waals surface area contributed by atoms with Crippen LogP contribution in [0.2, 0.25) is 0 Å². The fourth-order valence-electron chi connectivity index (χ4n) is 1.40. The van der Waals surface area contributed by atoms with Crippen molar-refractivity contribution < 1.29 is 9.90 Å². The summed E-state index contributed by atoms with van der Waals surface area (Å²) in [5.74, 6) is -0.0937. The van der Waals surface area contributed by atoms with Gasteiger partial charge in [0.15, 0.2) is 0 Å². The normalized spacial score (nSPS) is 14.7. The van der Waals surface area contributed by atoms with Crippen molar-refractivity contribution in [3.05, 3.63) is 0 Å². The SMILES string of the molecule is CCCC[C@H](N)C(=O)NC(CC)CCO. The first-order valence-corrected chi connectivity index (χ1v) is 5.82. The van der Waals surface area contributed by atoms with Crippen molar-refractivity contribution in [3.8, 4) is 0 Å². The van der Waals surface area contributed by atoms with Gasteiger partial charge in [-0.25, -0.2) is 0 Å². The number of aliphatic hydroxyl groups excluding tert-OH is 1. The molecular weight excluding hydrogens is 192 g/mol. The second-order valence-corrected chi connectivity index (χ2v) is 3.87. The second kappa shape index (κ2) is 8.68. The molecule has 4 heteroatoms. The van der Waals surface area contributed by atoms with E-state index in [1.54, 1.807) is 0 Å². The third kappa shape index (κ3) is 6.47. The van der Waals surface area contributed by atoms with Crippen LogP contribution in [0, 0.1) is 0 Å². The Balaban J connectivity index is 3.87. The van der Waals surface area contributed by atoms with Gasteiger partial charge in [0.1, 0.15) is 0 Å². The first kappa shape index (κ1) is 14.4. The van der Waals surface area contributed by atoms with Gasteiger partial charge in [-0.2, -0.15) is 0 Å². The number of carbonyl (C=O) groups is 1. The number of rotatable bonds is 8. The minimum absolute atomic E-state index is 0.0511. The van der Waals surface area contributed by atoms with Crippen LogP contribution in [0.4, 0.5) is 0 Å². The zero-order chi connectivity index (χ0) is 11.7. The molecule has 0 saturated heterocycles. The molecule has 15 heavy (non-hydrogen) atoms. The topological polar surface area (TPSA) is 75.4 Å². The Bertz CT molecular complexity index is 174. The fourth-order valence-corrected chi connectivity index (χ4v) is 1.40. The Kier molecular flexibility index (Phi) is 8.33. The van der Waals surface area contributed by atoms with Crippen LogP contribution < -0.4 is 11.1 Å². The van der Waals surface area contributed by atoms with E-state index in [4.69, 9.17) is 10.8 Å². The Labute approximate surface area is 92.2 Å². The van der Waals surface area contributed by atoms with Crippen molar-refractivity contribution in [2.45, 2.75) is 58.0 Å². The predicted molar refractivity (Wildman–Crippen MR) is 61.4 cm³/mol. The molecule has 0 saturated carbocycles. The van der Waals surface area contributed by atoms with Gasteiger partial charge < -0.3 is 16.2 Å². The van der Waals surface area contributed by atoms with E-state index in [0.717, 1.165) is 25.7 Å². The summed E-state index contributed by atoms with van der Waals surface area (Å²) in [6.07, 6.45) is 4.19. The number of unbranched alkanes of at least 4 members (excludes halogenated alkanes) is 1. The summed E-state index contributed by atoms with van der Waals surface area (Å²) in [7, 11) is 0. The molecule has 4 N–H and O–H groups in total. The van der Waals surface area contributed by atoms with Crippen LogP contribution in [-0.4, -0.2) is 29.7 Å². The molecule has 0 aliphatic carbocycles. The van der Waals surface area contributed by atoms with Crippen LogP contribution in [0.1, 0.15) is 46.0 Å². The first-order chi connectivity index (χ1) is 7.15. The van der Waals surface area contributed by atoms with Crippen LogP contribution in [0.3, 0.4) is 0 Å². The van der Waals surface area contributed by atoms with Crippen molar-refractivity contribution in [2.75, 3.05) is 6.61 Å². The van der Waals surface area contributed by atoms with Gasteiger partial charge in [0, 0.05) is 12.6 Å². The zero-order valence-electron chi connectivity index (χ0n) is 9.83. The van der Waals surface area contributed by atoms with Gasteiger partial charge in [-0.15, -0.1) is 0 Å². The van der Waals surface area contributed by atoms with E-state index in [9.17, 15) is 4.79 Å². The quantitative estimate of drug-likeness (QED) is 0.561. The van der Waals surface area contributed by atoms with Crippen LogP contribution in [0.15, 0.2) is 0 Å². The number of nitrogens with one attached hydrogen (secondary N) is 1. The van der Waals surface area contributed by atoms with E-state index in [2.05, 4.69) is 12.2 Å². The van der Waals surface area contributed by atoms with Gasteiger partial charge in [0.25, 0.3) is 0 Å². The highest BCUT2D eigenvalue weighted by Gasteiger charge is 2.15. The third-order valence-corrected chi connectivity index (χ3v) is 2.52. The van der Waals surface area contributed by atoms with Crippen LogP contribution >= 0.6 is 0 Å². The van der Waals surface area contributed by atoms with E-state index in [0.29, 0.717) is 6.42 Å². The second-order valence-electron chi connectivity index (χ2n) is 3.87. The highest BCUT2D eigenvalue weighted by molar-refractivity contribution is 5.81. The number of aliphatic hydroxyl groups is 1. The molecule has 0 rings (SSSR count). The van der Waals surface area contributed by atoms with E-state index in [1.165, 1.54) is 0 Å². The molecule has 90 valence electrons. The van der Waals surface area contributed by atoms with Crippen molar-refractivity contribution in [1.82, 2.24) is 5.32 Å². The maximum absolute atomic E-state index is 11.6. The number of nitrogens with two attached hydrogens (primary N) is 1. The Morgan fingerprint density at radius 3 is 2.53 bits per heavy atom. The van der Waals surface area contributed by atoms with Gasteiger partial charge in [-0.3, -0.25) is 4.79 Å². The van der Waals surface area contributed by atoms with Gasteiger partial charge in [0.05, 0.1) is 6.04 Å². The molecule has 0 aliphatic heterocycles. The van der Waals surface area contributed by atoms with Crippen LogP contribution in [0.25, 0.3) is 0 Å². The number of hydrogen-bond acceptors (Lipinski definition) is 3. The van der Waals surface area contributed by atoms with E-state index < -0.39 is 6.04 Å². The van der Waals surface area contributed by atoms with Crippen molar-refractivity contribution >= 4 is 5.91 Å². The summed E-state index contributed by atoms with van der Waals surface area (Å²) in [5.41, 5.74) is 5.73. The molecule has 0 fully saturated rings. The molecule has 0 aliphatic rings. The molecule has 2 atom stereocenters. The molecule has 0 heterocycles. The van der Waals surface area contributed by atoms with Gasteiger partial charge in [-0.1, -0.05) is 26.7 Å². The summed E-state index contributed by atoms with van der Waals surface area (Å²) >= 11 is 0. The van der Waals surface area contributed by atoms with Crippen molar-refractivity contribution in [3.63, 3.8) is 0 Å². The number of hydrogen-bond donors (Lipinski definition) is 3. The van der Waals surface area contributed by atoms with E-state index in [1.807, 2.05) is 6.92 Å². The molecule has 0 aromatic carbocycles. The average Bonchev–Trinajstić information content (AvgIpc) is 2.24. The maximum atomic E-state index is 11.6. The molecule has 0 spiro atoms. The minimum atomic E-state index is -0.405. The smallest absolute Gasteiger partial charge is 0.237 e. The summed E-state index contributed by atoms with van der Waals surface area (Å²) in [6.45, 7) is 4.16. The monoisotopic (exact) mass is 216 g/mol. The van der Waals surface area contributed by atoms with Gasteiger partial charge in [-0.05, 0) is 19.3 Å². The fraction of sp³-hybridized carbons (Fsp3) is 0.909. The molecular formula is C11H24N2O2. The zero-order valence-corrected chi connectivity index (χ0v) is 9.83. The van der Waals surface area contributed by atoms with E-state index in [-0.39, 0.29) is 18.6 Å². The predicted octanol–water partition coefficient (Wildman–Crippen LogP) is 0.781. The Hall–Kier alpha value is -0.610. The lowest BCUT2D eigenvalue weighted by molar-refractivity contribution is -0.123. The summed E-state index contributed by atoms with van der Waals surface area (Å²) in [6, 6.07) is -0.354. The molecule has 1 amide bonds. The van der Waals surface area contributed by atoms with Crippen LogP contribution in [0.5, 0.6) is 0 Å². The minimum Gasteiger partial charge on any atom is -0.396 e. The van der Waals surface area contributed by atoms with E-state index >= 15 is 0 Å². The maximum Gasteiger partial charge on any atom is 0.237 e. The Morgan fingerprint density at radius 2 is 2.07 bits per heavy atom. The number of amides is 1. The van der Waals surface area contributed by atoms with Crippen molar-refractivity contribution in [2.24, 2.45) is 5.73 Å². The standard InChI is InChI=1S/C11H24N2O2/c1-3-5-6-10(12)11(15)13-9(4-2)7-8-14/h9-10,14H,3-8,12H2,1-2H3,(H,13,15)/t9?,10-/m0/s1. The first-order valence-electron chi connectivity index (χ1n) is 5.82. The van der Waals surface area contributed by atoms with Crippen molar-refractivity contribution in [1.29, 1.82) is 0 Å². The Morgan fingerprint density at radius 1 is 1.40 bits per heavy atom. The summed E-state index contributed by atoms with van der Waals surface area (Å²) < 4.78 is 0.